The Kier molecular flexibility index (Phi) is 5.62. The van der Waals surface area contributed by atoms with Crippen molar-refractivity contribution in [1.82, 2.24) is 0 Å². The molecule has 0 N–H and O–H groups in total. The average Bonchev–Trinajstić information content (AvgIpc) is 2.38. The van der Waals surface area contributed by atoms with E-state index in [0.29, 0.717) is 6.42 Å². The fourth-order valence-electron chi connectivity index (χ4n) is 1.34. The lowest BCUT2D eigenvalue weighted by Gasteiger charge is -2.10. The molecule has 0 saturated heterocycles. The topological polar surface area (TPSA) is 52.6 Å². The van der Waals surface area contributed by atoms with E-state index in [0.717, 1.165) is 0 Å². The molecule has 1 rings (SSSR count). The second kappa shape index (κ2) is 7.00. The largest absolute Gasteiger partial charge is 0.428 e. The standard InChI is InChI=1S/C12H9F5O4/c1-2-3-7(18)20-11(19)5-4-6(13)9(15)10(8(5)14)21-12(16)17/h4,12H,2-3H2,1H3. The summed E-state index contributed by atoms with van der Waals surface area (Å²) in [6.45, 7) is -2.04. The summed E-state index contributed by atoms with van der Waals surface area (Å²) in [5.41, 5.74) is -1.23. The molecule has 1 aromatic rings. The van der Waals surface area contributed by atoms with E-state index in [4.69, 9.17) is 0 Å². The van der Waals surface area contributed by atoms with E-state index in [1.165, 1.54) is 0 Å². The molecule has 0 unspecified atom stereocenters. The molecule has 0 spiro atoms. The Bertz CT molecular complexity index is 559. The van der Waals surface area contributed by atoms with Crippen LogP contribution in [0.3, 0.4) is 0 Å². The molecule has 0 saturated carbocycles. The maximum Gasteiger partial charge on any atom is 0.387 e. The highest BCUT2D eigenvalue weighted by Crippen LogP contribution is 2.29. The lowest BCUT2D eigenvalue weighted by Crippen LogP contribution is -2.16. The van der Waals surface area contributed by atoms with Gasteiger partial charge >= 0.3 is 18.6 Å². The van der Waals surface area contributed by atoms with Gasteiger partial charge in [-0.05, 0) is 12.5 Å². The van der Waals surface area contributed by atoms with Gasteiger partial charge in [0.1, 0.15) is 5.56 Å². The van der Waals surface area contributed by atoms with Crippen LogP contribution < -0.4 is 4.74 Å². The second-order valence-electron chi connectivity index (χ2n) is 3.75. The Morgan fingerprint density at radius 2 is 1.81 bits per heavy atom. The number of esters is 2. The van der Waals surface area contributed by atoms with Gasteiger partial charge in [-0.2, -0.15) is 13.2 Å². The Hall–Kier alpha value is -2.19. The summed E-state index contributed by atoms with van der Waals surface area (Å²) in [4.78, 5) is 22.5. The van der Waals surface area contributed by atoms with Crippen molar-refractivity contribution in [2.24, 2.45) is 0 Å². The average molecular weight is 312 g/mol. The lowest BCUT2D eigenvalue weighted by atomic mass is 10.2. The maximum absolute atomic E-state index is 13.7. The molecule has 0 aliphatic rings. The number of rotatable bonds is 5. The highest BCUT2D eigenvalue weighted by atomic mass is 19.3. The normalized spacial score (nSPS) is 10.6. The summed E-state index contributed by atoms with van der Waals surface area (Å²) in [6.07, 6.45) is 0.156. The van der Waals surface area contributed by atoms with Crippen molar-refractivity contribution in [3.63, 3.8) is 0 Å². The minimum Gasteiger partial charge on any atom is -0.428 e. The maximum atomic E-state index is 13.7. The zero-order valence-corrected chi connectivity index (χ0v) is 10.6. The van der Waals surface area contributed by atoms with Crippen LogP contribution in [0.25, 0.3) is 0 Å². The van der Waals surface area contributed by atoms with E-state index in [-0.39, 0.29) is 12.5 Å². The Balaban J connectivity index is 3.16. The van der Waals surface area contributed by atoms with E-state index in [1.54, 1.807) is 6.92 Å². The van der Waals surface area contributed by atoms with Crippen molar-refractivity contribution in [3.05, 3.63) is 29.1 Å². The van der Waals surface area contributed by atoms with Crippen molar-refractivity contribution >= 4 is 11.9 Å². The van der Waals surface area contributed by atoms with E-state index in [2.05, 4.69) is 9.47 Å². The molecule has 0 fully saturated rings. The molecule has 116 valence electrons. The Morgan fingerprint density at radius 3 is 2.33 bits per heavy atom. The Morgan fingerprint density at radius 1 is 1.19 bits per heavy atom. The molecule has 0 amide bonds. The molecule has 0 aliphatic carbocycles. The first-order valence-corrected chi connectivity index (χ1v) is 5.65. The molecule has 0 radical (unpaired) electrons. The van der Waals surface area contributed by atoms with Crippen LogP contribution in [0.4, 0.5) is 22.0 Å². The predicted molar refractivity (Wildman–Crippen MR) is 58.3 cm³/mol. The van der Waals surface area contributed by atoms with Gasteiger partial charge < -0.3 is 9.47 Å². The molecular weight excluding hydrogens is 303 g/mol. The van der Waals surface area contributed by atoms with Crippen molar-refractivity contribution in [2.45, 2.75) is 26.4 Å². The van der Waals surface area contributed by atoms with Crippen molar-refractivity contribution in [2.75, 3.05) is 0 Å². The van der Waals surface area contributed by atoms with E-state index in [1.807, 2.05) is 0 Å². The first-order chi connectivity index (χ1) is 9.77. The van der Waals surface area contributed by atoms with E-state index in [9.17, 15) is 31.5 Å². The van der Waals surface area contributed by atoms with Crippen LogP contribution >= 0.6 is 0 Å². The van der Waals surface area contributed by atoms with Gasteiger partial charge in [-0.3, -0.25) is 4.79 Å². The quantitative estimate of drug-likeness (QED) is 0.363. The summed E-state index contributed by atoms with van der Waals surface area (Å²) in [6, 6.07) is 0.0879. The van der Waals surface area contributed by atoms with Crippen LogP contribution in [-0.4, -0.2) is 18.6 Å². The number of carbonyl (C=O) groups is 2. The molecule has 9 heteroatoms. The molecule has 0 aromatic heterocycles. The highest BCUT2D eigenvalue weighted by molar-refractivity contribution is 5.97. The van der Waals surface area contributed by atoms with Gasteiger partial charge in [-0.1, -0.05) is 6.92 Å². The van der Waals surface area contributed by atoms with Gasteiger partial charge in [0.15, 0.2) is 11.6 Å². The number of benzene rings is 1. The van der Waals surface area contributed by atoms with Crippen molar-refractivity contribution in [1.29, 1.82) is 0 Å². The Labute approximate surface area is 115 Å². The number of carbonyl (C=O) groups excluding carboxylic acids is 2. The molecule has 0 heterocycles. The summed E-state index contributed by atoms with van der Waals surface area (Å²) < 4.78 is 71.7. The fourth-order valence-corrected chi connectivity index (χ4v) is 1.34. The van der Waals surface area contributed by atoms with Crippen molar-refractivity contribution in [3.8, 4) is 5.75 Å². The summed E-state index contributed by atoms with van der Waals surface area (Å²) >= 11 is 0. The molecule has 4 nitrogen and oxygen atoms in total. The zero-order chi connectivity index (χ0) is 16.2. The fraction of sp³-hybridized carbons (Fsp3) is 0.333. The number of alkyl halides is 2. The zero-order valence-electron chi connectivity index (χ0n) is 10.6. The lowest BCUT2D eigenvalue weighted by molar-refractivity contribution is -0.138. The van der Waals surface area contributed by atoms with Crippen LogP contribution in [-0.2, 0) is 9.53 Å². The minimum atomic E-state index is -3.64. The number of hydrogen-bond donors (Lipinski definition) is 0. The molecule has 0 aliphatic heterocycles. The van der Waals surface area contributed by atoms with Gasteiger partial charge in [0.05, 0.1) is 0 Å². The predicted octanol–water partition coefficient (Wildman–Crippen LogP) is 3.19. The van der Waals surface area contributed by atoms with Crippen LogP contribution in [0.1, 0.15) is 30.1 Å². The SMILES string of the molecule is CCCC(=O)OC(=O)c1cc(F)c(F)c(OC(F)F)c1F. The van der Waals surface area contributed by atoms with Gasteiger partial charge in [0.25, 0.3) is 0 Å². The smallest absolute Gasteiger partial charge is 0.387 e. The monoisotopic (exact) mass is 312 g/mol. The van der Waals surface area contributed by atoms with Crippen LogP contribution in [0, 0.1) is 17.5 Å². The molecule has 21 heavy (non-hydrogen) atoms. The highest BCUT2D eigenvalue weighted by Gasteiger charge is 2.27. The van der Waals surface area contributed by atoms with Crippen LogP contribution in [0.5, 0.6) is 5.75 Å². The van der Waals surface area contributed by atoms with E-state index < -0.39 is 47.3 Å². The summed E-state index contributed by atoms with van der Waals surface area (Å²) in [5, 5.41) is 0. The first kappa shape index (κ1) is 16.9. The third kappa shape index (κ3) is 4.14. The molecule has 1 aromatic carbocycles. The van der Waals surface area contributed by atoms with Crippen LogP contribution in [0.15, 0.2) is 6.07 Å². The molecule has 0 bridgehead atoms. The third-order valence-electron chi connectivity index (χ3n) is 2.20. The number of ether oxygens (including phenoxy) is 2. The van der Waals surface area contributed by atoms with Gasteiger partial charge in [-0.15, -0.1) is 0 Å². The number of halogens is 5. The number of hydrogen-bond acceptors (Lipinski definition) is 4. The third-order valence-corrected chi connectivity index (χ3v) is 2.20. The minimum absolute atomic E-state index is 0.0879. The molecular formula is C12H9F5O4. The van der Waals surface area contributed by atoms with E-state index >= 15 is 0 Å². The van der Waals surface area contributed by atoms with Crippen molar-refractivity contribution < 1.29 is 41.0 Å². The van der Waals surface area contributed by atoms with Crippen LogP contribution in [0.2, 0.25) is 0 Å². The molecule has 0 atom stereocenters. The first-order valence-electron chi connectivity index (χ1n) is 5.65. The van der Waals surface area contributed by atoms with Gasteiger partial charge in [0, 0.05) is 6.42 Å². The summed E-state index contributed by atoms with van der Waals surface area (Å²) in [7, 11) is 0. The van der Waals surface area contributed by atoms with Gasteiger partial charge in [-0.25, -0.2) is 13.6 Å². The van der Waals surface area contributed by atoms with Gasteiger partial charge in [0.2, 0.25) is 11.6 Å². The second-order valence-corrected chi connectivity index (χ2v) is 3.75. The summed E-state index contributed by atoms with van der Waals surface area (Å²) in [5.74, 6) is -10.1.